The molecule has 0 aromatic heterocycles. The van der Waals surface area contributed by atoms with Crippen LogP contribution in [-0.4, -0.2) is 50.0 Å². The van der Waals surface area contributed by atoms with Gasteiger partial charge in [-0.2, -0.15) is 0 Å². The highest BCUT2D eigenvalue weighted by Gasteiger charge is 2.28. The summed E-state index contributed by atoms with van der Waals surface area (Å²) >= 11 is 12.3. The molecular formula is C27H34Cl2FN3O4S. The molecule has 7 nitrogen and oxygen atoms in total. The molecular weight excluding hydrogens is 552 g/mol. The Hall–Kier alpha value is -2.36. The van der Waals surface area contributed by atoms with E-state index >= 15 is 0 Å². The molecule has 1 unspecified atom stereocenters. The molecule has 1 N–H and O–H groups in total. The summed E-state index contributed by atoms with van der Waals surface area (Å²) in [5.74, 6) is -0.947. The van der Waals surface area contributed by atoms with E-state index in [2.05, 4.69) is 5.32 Å². The Bertz CT molecular complexity index is 1220. The summed E-state index contributed by atoms with van der Waals surface area (Å²) in [6, 6.07) is 9.64. The van der Waals surface area contributed by atoms with Crippen LogP contribution in [0.4, 0.5) is 10.1 Å². The molecule has 208 valence electrons. The molecule has 38 heavy (non-hydrogen) atoms. The fourth-order valence-corrected chi connectivity index (χ4v) is 6.00. The first-order valence-corrected chi connectivity index (χ1v) is 15.3. The first-order chi connectivity index (χ1) is 18.0. The number of carbonyl (C=O) groups is 2. The SMILES string of the molecule is CC(C(=O)NC1CCCCC1)N(Cc1ccc(F)cc1)C(=O)CCCN(c1cc(Cl)ccc1Cl)S(C)(=O)=O. The molecule has 0 aliphatic heterocycles. The van der Waals surface area contributed by atoms with E-state index in [0.717, 1.165) is 42.7 Å². The van der Waals surface area contributed by atoms with E-state index in [4.69, 9.17) is 23.2 Å². The molecule has 0 heterocycles. The van der Waals surface area contributed by atoms with E-state index in [0.29, 0.717) is 10.6 Å². The van der Waals surface area contributed by atoms with Crippen molar-refractivity contribution in [2.24, 2.45) is 0 Å². The van der Waals surface area contributed by atoms with Crippen molar-refractivity contribution in [2.75, 3.05) is 17.1 Å². The molecule has 1 fully saturated rings. The zero-order chi connectivity index (χ0) is 27.9. The summed E-state index contributed by atoms with van der Waals surface area (Å²) < 4.78 is 39.6. The standard InChI is InChI=1S/C27H34Cl2FN3O4S/c1-19(27(35)31-23-7-4-3-5-8-23)32(18-20-10-13-22(30)14-11-20)26(34)9-6-16-33(38(2,36)37)25-17-21(28)12-15-24(25)29/h10-15,17,19,23H,3-9,16,18H2,1-2H3,(H,31,35). The van der Waals surface area contributed by atoms with Gasteiger partial charge in [-0.3, -0.25) is 13.9 Å². The van der Waals surface area contributed by atoms with Gasteiger partial charge in [0.05, 0.1) is 17.0 Å². The second-order valence-electron chi connectivity index (χ2n) is 9.70. The first-order valence-electron chi connectivity index (χ1n) is 12.7. The fourth-order valence-electron chi connectivity index (χ4n) is 4.60. The van der Waals surface area contributed by atoms with Gasteiger partial charge >= 0.3 is 0 Å². The van der Waals surface area contributed by atoms with Crippen molar-refractivity contribution in [1.82, 2.24) is 10.2 Å². The number of benzene rings is 2. The lowest BCUT2D eigenvalue weighted by molar-refractivity contribution is -0.141. The van der Waals surface area contributed by atoms with Gasteiger partial charge in [-0.25, -0.2) is 12.8 Å². The smallest absolute Gasteiger partial charge is 0.242 e. The van der Waals surface area contributed by atoms with E-state index in [9.17, 15) is 22.4 Å². The van der Waals surface area contributed by atoms with Gasteiger partial charge < -0.3 is 10.2 Å². The summed E-state index contributed by atoms with van der Waals surface area (Å²) in [4.78, 5) is 27.9. The fraction of sp³-hybridized carbons (Fsp3) is 0.481. The van der Waals surface area contributed by atoms with E-state index in [1.165, 1.54) is 29.2 Å². The Morgan fingerprint density at radius 1 is 1.08 bits per heavy atom. The number of halogens is 3. The normalized spacial score (nSPS) is 15.1. The van der Waals surface area contributed by atoms with E-state index < -0.39 is 21.9 Å². The Kier molecular flexibility index (Phi) is 10.8. The van der Waals surface area contributed by atoms with Crippen molar-refractivity contribution in [1.29, 1.82) is 0 Å². The van der Waals surface area contributed by atoms with Crippen LogP contribution in [-0.2, 0) is 26.2 Å². The quantitative estimate of drug-likeness (QED) is 0.375. The number of hydrogen-bond acceptors (Lipinski definition) is 4. The number of nitrogens with zero attached hydrogens (tertiary/aromatic N) is 2. The van der Waals surface area contributed by atoms with Crippen LogP contribution in [0.3, 0.4) is 0 Å². The van der Waals surface area contributed by atoms with Gasteiger partial charge in [0.15, 0.2) is 0 Å². The van der Waals surface area contributed by atoms with Crippen molar-refractivity contribution >= 4 is 50.7 Å². The van der Waals surface area contributed by atoms with Crippen LogP contribution in [0.1, 0.15) is 57.4 Å². The third kappa shape index (κ3) is 8.58. The minimum absolute atomic E-state index is 0.00231. The van der Waals surface area contributed by atoms with Crippen LogP contribution in [0.15, 0.2) is 42.5 Å². The number of sulfonamides is 1. The summed E-state index contributed by atoms with van der Waals surface area (Å²) in [6.45, 7) is 1.79. The summed E-state index contributed by atoms with van der Waals surface area (Å²) in [6.07, 6.45) is 6.34. The summed E-state index contributed by atoms with van der Waals surface area (Å²) in [5.41, 5.74) is 0.915. The number of rotatable bonds is 11. The molecule has 3 rings (SSSR count). The molecule has 2 amide bonds. The van der Waals surface area contributed by atoms with Crippen LogP contribution < -0.4 is 9.62 Å². The second-order valence-corrected chi connectivity index (χ2v) is 12.5. The lowest BCUT2D eigenvalue weighted by Crippen LogP contribution is -2.50. The molecule has 0 radical (unpaired) electrons. The maximum Gasteiger partial charge on any atom is 0.242 e. The summed E-state index contributed by atoms with van der Waals surface area (Å²) in [7, 11) is -3.71. The van der Waals surface area contributed by atoms with E-state index in [1.807, 2.05) is 0 Å². The van der Waals surface area contributed by atoms with Crippen molar-refractivity contribution in [2.45, 2.75) is 70.5 Å². The first kappa shape index (κ1) is 30.2. The Balaban J connectivity index is 1.73. The van der Waals surface area contributed by atoms with E-state index in [1.54, 1.807) is 25.1 Å². The molecule has 1 aliphatic carbocycles. The third-order valence-corrected chi connectivity index (χ3v) is 8.45. The molecule has 1 saturated carbocycles. The topological polar surface area (TPSA) is 86.8 Å². The Labute approximate surface area is 234 Å². The lowest BCUT2D eigenvalue weighted by Gasteiger charge is -2.31. The maximum absolute atomic E-state index is 13.4. The maximum atomic E-state index is 13.4. The highest BCUT2D eigenvalue weighted by molar-refractivity contribution is 7.92. The third-order valence-electron chi connectivity index (χ3n) is 6.71. The molecule has 1 atom stereocenters. The highest BCUT2D eigenvalue weighted by atomic mass is 35.5. The monoisotopic (exact) mass is 585 g/mol. The average molecular weight is 587 g/mol. The minimum atomic E-state index is -3.71. The number of anilines is 1. The van der Waals surface area contributed by atoms with Gasteiger partial charge in [-0.1, -0.05) is 54.6 Å². The van der Waals surface area contributed by atoms with Crippen LogP contribution in [0.25, 0.3) is 0 Å². The number of hydrogen-bond donors (Lipinski definition) is 1. The van der Waals surface area contributed by atoms with Crippen LogP contribution in [0, 0.1) is 5.82 Å². The van der Waals surface area contributed by atoms with Crippen LogP contribution in [0.5, 0.6) is 0 Å². The van der Waals surface area contributed by atoms with Crippen molar-refractivity contribution in [3.05, 3.63) is 63.9 Å². The zero-order valence-electron chi connectivity index (χ0n) is 21.6. The van der Waals surface area contributed by atoms with Gasteiger partial charge in [-0.05, 0) is 62.1 Å². The predicted molar refractivity (Wildman–Crippen MR) is 149 cm³/mol. The van der Waals surface area contributed by atoms with Gasteiger partial charge in [-0.15, -0.1) is 0 Å². The molecule has 0 saturated heterocycles. The highest BCUT2D eigenvalue weighted by Crippen LogP contribution is 2.31. The van der Waals surface area contributed by atoms with Gasteiger partial charge in [0, 0.05) is 30.6 Å². The van der Waals surface area contributed by atoms with Gasteiger partial charge in [0.2, 0.25) is 21.8 Å². The Morgan fingerprint density at radius 3 is 2.37 bits per heavy atom. The van der Waals surface area contributed by atoms with Crippen LogP contribution in [0.2, 0.25) is 10.0 Å². The summed E-state index contributed by atoms with van der Waals surface area (Å²) in [5, 5.41) is 3.62. The Morgan fingerprint density at radius 2 is 1.74 bits per heavy atom. The van der Waals surface area contributed by atoms with Crippen LogP contribution >= 0.6 is 23.2 Å². The molecule has 2 aromatic rings. The molecule has 11 heteroatoms. The number of nitrogens with one attached hydrogen (secondary N) is 1. The van der Waals surface area contributed by atoms with E-state index in [-0.39, 0.29) is 54.5 Å². The molecule has 2 aromatic carbocycles. The molecule has 0 spiro atoms. The predicted octanol–water partition coefficient (Wildman–Crippen LogP) is 5.54. The average Bonchev–Trinajstić information content (AvgIpc) is 2.87. The van der Waals surface area contributed by atoms with Gasteiger partial charge in [0.25, 0.3) is 0 Å². The zero-order valence-corrected chi connectivity index (χ0v) is 24.0. The molecule has 1 aliphatic rings. The number of carbonyl (C=O) groups excluding carboxylic acids is 2. The van der Waals surface area contributed by atoms with Crippen molar-refractivity contribution in [3.63, 3.8) is 0 Å². The van der Waals surface area contributed by atoms with Crippen molar-refractivity contribution < 1.29 is 22.4 Å². The molecule has 0 bridgehead atoms. The van der Waals surface area contributed by atoms with Gasteiger partial charge in [0.1, 0.15) is 11.9 Å². The minimum Gasteiger partial charge on any atom is -0.352 e. The largest absolute Gasteiger partial charge is 0.352 e. The lowest BCUT2D eigenvalue weighted by atomic mass is 9.95. The van der Waals surface area contributed by atoms with Crippen molar-refractivity contribution in [3.8, 4) is 0 Å². The number of amides is 2. The second kappa shape index (κ2) is 13.6.